The maximum Gasteiger partial charge on any atom is 0.243 e. The van der Waals surface area contributed by atoms with Gasteiger partial charge in [-0.15, -0.1) is 0 Å². The molecular formula is C18H22F2N6O3S. The second-order valence-electron chi connectivity index (χ2n) is 7.04. The molecule has 162 valence electrons. The highest BCUT2D eigenvalue weighted by atomic mass is 32.2. The molecule has 0 unspecified atom stereocenters. The van der Waals surface area contributed by atoms with Gasteiger partial charge in [-0.3, -0.25) is 0 Å². The molecule has 4 rings (SSSR count). The number of ether oxygens (including phenoxy) is 1. The van der Waals surface area contributed by atoms with Crippen molar-refractivity contribution in [3.63, 3.8) is 0 Å². The van der Waals surface area contributed by atoms with Gasteiger partial charge in [0.25, 0.3) is 0 Å². The summed E-state index contributed by atoms with van der Waals surface area (Å²) in [7, 11) is -4.21. The van der Waals surface area contributed by atoms with Crippen LogP contribution in [0.15, 0.2) is 23.1 Å². The van der Waals surface area contributed by atoms with E-state index in [9.17, 15) is 17.2 Å². The van der Waals surface area contributed by atoms with Gasteiger partial charge in [0.2, 0.25) is 21.9 Å². The van der Waals surface area contributed by atoms with Crippen LogP contribution in [0.2, 0.25) is 0 Å². The largest absolute Gasteiger partial charge is 0.378 e. The highest BCUT2D eigenvalue weighted by Crippen LogP contribution is 2.20. The predicted octanol–water partition coefficient (Wildman–Crippen LogP) is 1.07. The second-order valence-corrected chi connectivity index (χ2v) is 8.78. The first-order valence-electron chi connectivity index (χ1n) is 9.70. The molecule has 0 atom stereocenters. The zero-order chi connectivity index (χ0) is 21.1. The zero-order valence-electron chi connectivity index (χ0n) is 16.2. The molecule has 1 N–H and O–H groups in total. The molecule has 12 heteroatoms. The fraction of sp³-hybridized carbons (Fsp3) is 0.500. The monoisotopic (exact) mass is 440 g/mol. The summed E-state index contributed by atoms with van der Waals surface area (Å²) in [4.78, 5) is 16.7. The van der Waals surface area contributed by atoms with Crippen molar-refractivity contribution in [1.82, 2.24) is 19.7 Å². The van der Waals surface area contributed by atoms with Gasteiger partial charge in [0.1, 0.15) is 16.5 Å². The third-order valence-corrected chi connectivity index (χ3v) is 6.38. The van der Waals surface area contributed by atoms with E-state index in [0.29, 0.717) is 44.3 Å². The van der Waals surface area contributed by atoms with Crippen molar-refractivity contribution in [1.29, 1.82) is 0 Å². The lowest BCUT2D eigenvalue weighted by atomic mass is 10.3. The van der Waals surface area contributed by atoms with E-state index in [0.717, 1.165) is 38.1 Å². The first-order chi connectivity index (χ1) is 14.4. The molecular weight excluding hydrogens is 418 g/mol. The number of aromatic nitrogens is 3. The molecule has 3 heterocycles. The molecule has 30 heavy (non-hydrogen) atoms. The molecule has 2 fully saturated rings. The maximum atomic E-state index is 13.9. The lowest BCUT2D eigenvalue weighted by Crippen LogP contribution is -2.38. The number of benzene rings is 1. The van der Waals surface area contributed by atoms with Crippen LogP contribution < -0.4 is 14.5 Å². The van der Waals surface area contributed by atoms with Crippen molar-refractivity contribution in [3.8, 4) is 0 Å². The Labute approximate surface area is 173 Å². The zero-order valence-corrected chi connectivity index (χ0v) is 17.0. The molecule has 2 saturated heterocycles. The van der Waals surface area contributed by atoms with Crippen molar-refractivity contribution in [3.05, 3.63) is 35.7 Å². The van der Waals surface area contributed by atoms with Gasteiger partial charge >= 0.3 is 0 Å². The number of rotatable bonds is 6. The Bertz CT molecular complexity index is 1010. The second kappa shape index (κ2) is 8.74. The van der Waals surface area contributed by atoms with Gasteiger partial charge < -0.3 is 14.5 Å². The van der Waals surface area contributed by atoms with Gasteiger partial charge in [-0.05, 0) is 25.0 Å². The van der Waals surface area contributed by atoms with Crippen molar-refractivity contribution in [2.24, 2.45) is 0 Å². The molecule has 0 saturated carbocycles. The molecule has 0 spiro atoms. The molecule has 0 aliphatic carbocycles. The van der Waals surface area contributed by atoms with Crippen molar-refractivity contribution in [2.75, 3.05) is 49.2 Å². The molecule has 2 aliphatic heterocycles. The van der Waals surface area contributed by atoms with Gasteiger partial charge in [0.05, 0.1) is 19.8 Å². The molecule has 2 aromatic rings. The van der Waals surface area contributed by atoms with E-state index in [1.807, 2.05) is 9.80 Å². The Morgan fingerprint density at radius 3 is 2.23 bits per heavy atom. The number of anilines is 2. The molecule has 1 aromatic heterocycles. The van der Waals surface area contributed by atoms with Gasteiger partial charge in [0.15, 0.2) is 5.82 Å². The Morgan fingerprint density at radius 1 is 0.967 bits per heavy atom. The molecule has 0 bridgehead atoms. The Hall–Kier alpha value is -2.44. The lowest BCUT2D eigenvalue weighted by molar-refractivity contribution is 0.122. The summed E-state index contributed by atoms with van der Waals surface area (Å²) >= 11 is 0. The minimum atomic E-state index is -4.21. The van der Waals surface area contributed by atoms with E-state index in [2.05, 4.69) is 19.7 Å². The van der Waals surface area contributed by atoms with Crippen molar-refractivity contribution >= 4 is 21.9 Å². The third-order valence-electron chi connectivity index (χ3n) is 4.94. The molecule has 0 amide bonds. The summed E-state index contributed by atoms with van der Waals surface area (Å²) in [5.41, 5.74) is 0. The highest BCUT2D eigenvalue weighted by Gasteiger charge is 2.23. The summed E-state index contributed by atoms with van der Waals surface area (Å²) in [6, 6.07) is 2.30. The smallest absolute Gasteiger partial charge is 0.243 e. The molecule has 9 nitrogen and oxygen atoms in total. The topological polar surface area (TPSA) is 101 Å². The number of nitrogens with zero attached hydrogens (tertiary/aromatic N) is 5. The Balaban J connectivity index is 1.58. The third kappa shape index (κ3) is 4.65. The summed E-state index contributed by atoms with van der Waals surface area (Å²) in [5, 5.41) is 0. The van der Waals surface area contributed by atoms with Crippen LogP contribution in [-0.4, -0.2) is 62.8 Å². The molecule has 1 aromatic carbocycles. The van der Waals surface area contributed by atoms with E-state index in [1.54, 1.807) is 0 Å². The van der Waals surface area contributed by atoms with Gasteiger partial charge in [-0.1, -0.05) is 0 Å². The fourth-order valence-electron chi connectivity index (χ4n) is 3.37. The first kappa shape index (κ1) is 20.8. The Kier molecular flexibility index (Phi) is 6.06. The predicted molar refractivity (Wildman–Crippen MR) is 105 cm³/mol. The van der Waals surface area contributed by atoms with Crippen LogP contribution >= 0.6 is 0 Å². The summed E-state index contributed by atoms with van der Waals surface area (Å²) in [6.07, 6.45) is 2.06. The van der Waals surface area contributed by atoms with E-state index in [-0.39, 0.29) is 12.4 Å². The fourth-order valence-corrected chi connectivity index (χ4v) is 4.41. The first-order valence-corrected chi connectivity index (χ1v) is 11.2. The van der Waals surface area contributed by atoms with Gasteiger partial charge in [-0.2, -0.15) is 15.0 Å². The standard InChI is InChI=1S/C18H22F2N6O3S/c19-13-3-4-15(14(20)11-13)30(27,28)21-12-16-22-17(25-5-1-2-6-25)24-18(23-16)26-7-9-29-10-8-26/h3-4,11,21H,1-2,5-10,12H2. The highest BCUT2D eigenvalue weighted by molar-refractivity contribution is 7.89. The number of hydrogen-bond acceptors (Lipinski definition) is 8. The van der Waals surface area contributed by atoms with Crippen LogP contribution in [-0.2, 0) is 21.3 Å². The number of hydrogen-bond donors (Lipinski definition) is 1. The number of nitrogens with one attached hydrogen (secondary N) is 1. The SMILES string of the molecule is O=S(=O)(NCc1nc(N2CCCC2)nc(N2CCOCC2)n1)c1ccc(F)cc1F. The van der Waals surface area contributed by atoms with E-state index in [4.69, 9.17) is 4.74 Å². The minimum Gasteiger partial charge on any atom is -0.378 e. The van der Waals surface area contributed by atoms with E-state index in [1.165, 1.54) is 0 Å². The van der Waals surface area contributed by atoms with Crippen molar-refractivity contribution in [2.45, 2.75) is 24.3 Å². The van der Waals surface area contributed by atoms with Gasteiger partial charge in [0, 0.05) is 32.2 Å². The Morgan fingerprint density at radius 2 is 1.60 bits per heavy atom. The average molecular weight is 440 g/mol. The van der Waals surface area contributed by atoms with Crippen LogP contribution in [0.4, 0.5) is 20.7 Å². The van der Waals surface area contributed by atoms with Gasteiger partial charge in [-0.25, -0.2) is 21.9 Å². The lowest BCUT2D eigenvalue weighted by Gasteiger charge is -2.28. The van der Waals surface area contributed by atoms with Crippen LogP contribution in [0.25, 0.3) is 0 Å². The quantitative estimate of drug-likeness (QED) is 0.712. The summed E-state index contributed by atoms with van der Waals surface area (Å²) in [5.74, 6) is -0.845. The van der Waals surface area contributed by atoms with Crippen LogP contribution in [0.1, 0.15) is 18.7 Å². The maximum absolute atomic E-state index is 13.9. The van der Waals surface area contributed by atoms with Crippen LogP contribution in [0, 0.1) is 11.6 Å². The van der Waals surface area contributed by atoms with E-state index < -0.39 is 26.6 Å². The minimum absolute atomic E-state index is 0.222. The van der Waals surface area contributed by atoms with Crippen LogP contribution in [0.3, 0.4) is 0 Å². The summed E-state index contributed by atoms with van der Waals surface area (Å²) < 4.78 is 59.6. The van der Waals surface area contributed by atoms with E-state index >= 15 is 0 Å². The number of halogens is 2. The van der Waals surface area contributed by atoms with Crippen LogP contribution in [0.5, 0.6) is 0 Å². The van der Waals surface area contributed by atoms with Crippen molar-refractivity contribution < 1.29 is 21.9 Å². The molecule has 0 radical (unpaired) electrons. The normalized spacial score (nSPS) is 17.5. The summed E-state index contributed by atoms with van der Waals surface area (Å²) in [6.45, 7) is 3.73. The molecule has 2 aliphatic rings. The number of sulfonamides is 1. The average Bonchev–Trinajstić information content (AvgIpc) is 3.28. The number of morpholine rings is 1.